The highest BCUT2D eigenvalue weighted by Crippen LogP contribution is 2.51. The summed E-state index contributed by atoms with van der Waals surface area (Å²) >= 11 is 2.10. The van der Waals surface area contributed by atoms with E-state index in [2.05, 4.69) is 56.0 Å². The fourth-order valence-corrected chi connectivity index (χ4v) is 4.55. The average Bonchev–Trinajstić information content (AvgIpc) is 2.70. The van der Waals surface area contributed by atoms with Crippen LogP contribution in [-0.2, 0) is 11.3 Å². The van der Waals surface area contributed by atoms with Crippen molar-refractivity contribution in [2.24, 2.45) is 0 Å². The van der Waals surface area contributed by atoms with Crippen molar-refractivity contribution >= 4 is 11.8 Å². The van der Waals surface area contributed by atoms with E-state index in [4.69, 9.17) is 0 Å². The van der Waals surface area contributed by atoms with Gasteiger partial charge in [-0.25, -0.2) is 0 Å². The van der Waals surface area contributed by atoms with Crippen molar-refractivity contribution < 1.29 is 0 Å². The van der Waals surface area contributed by atoms with E-state index in [9.17, 15) is 0 Å². The number of nitrogens with one attached hydrogen (secondary N) is 1. The fraction of sp³-hybridized carbons (Fsp3) is 0.571. The van der Waals surface area contributed by atoms with Crippen LogP contribution in [0.1, 0.15) is 37.0 Å². The van der Waals surface area contributed by atoms with Crippen LogP contribution in [0.4, 0.5) is 0 Å². The Kier molecular flexibility index (Phi) is 2.18. The summed E-state index contributed by atoms with van der Waals surface area (Å²) < 4.78 is 0. The maximum atomic E-state index is 3.85. The molecule has 0 saturated carbocycles. The normalized spacial score (nSPS) is 30.9. The second-order valence-corrected chi connectivity index (χ2v) is 7.06. The number of hydrogen-bond donors (Lipinski definition) is 1. The van der Waals surface area contributed by atoms with Crippen LogP contribution < -0.4 is 5.32 Å². The standard InChI is InChI=1S/C14H19NS/c1-10-4-5-11-6-7-14(12(11)8-10)15-13(2,3)9-16-14/h4-5,8,15H,6-7,9H2,1-3H3. The lowest BCUT2D eigenvalue weighted by molar-refractivity contribution is 0.368. The number of fused-ring (bicyclic) bond motifs is 2. The van der Waals surface area contributed by atoms with Crippen molar-refractivity contribution in [2.45, 2.75) is 44.0 Å². The van der Waals surface area contributed by atoms with E-state index >= 15 is 0 Å². The first kappa shape index (κ1) is 10.7. The minimum absolute atomic E-state index is 0.213. The third-order valence-electron chi connectivity index (χ3n) is 3.67. The maximum absolute atomic E-state index is 3.85. The Morgan fingerprint density at radius 1 is 1.31 bits per heavy atom. The molecule has 1 fully saturated rings. The van der Waals surface area contributed by atoms with E-state index in [0.29, 0.717) is 0 Å². The first-order chi connectivity index (χ1) is 7.51. The summed E-state index contributed by atoms with van der Waals surface area (Å²) in [5.74, 6) is 1.21. The molecule has 1 nitrogen and oxygen atoms in total. The lowest BCUT2D eigenvalue weighted by Gasteiger charge is -2.28. The quantitative estimate of drug-likeness (QED) is 0.738. The predicted octanol–water partition coefficient (Wildman–Crippen LogP) is 3.21. The van der Waals surface area contributed by atoms with Crippen LogP contribution in [0.25, 0.3) is 0 Å². The van der Waals surface area contributed by atoms with Gasteiger partial charge in [-0.2, -0.15) is 0 Å². The van der Waals surface area contributed by atoms with Gasteiger partial charge in [-0.05, 0) is 44.7 Å². The summed E-state index contributed by atoms with van der Waals surface area (Å²) in [6.07, 6.45) is 2.48. The van der Waals surface area contributed by atoms with Gasteiger partial charge in [0.25, 0.3) is 0 Å². The van der Waals surface area contributed by atoms with Gasteiger partial charge in [0.05, 0.1) is 4.87 Å². The largest absolute Gasteiger partial charge is 0.293 e. The van der Waals surface area contributed by atoms with Gasteiger partial charge in [-0.1, -0.05) is 23.8 Å². The molecule has 2 aliphatic rings. The van der Waals surface area contributed by atoms with Crippen LogP contribution in [0, 0.1) is 6.92 Å². The summed E-state index contributed by atoms with van der Waals surface area (Å²) in [6.45, 7) is 6.81. The zero-order chi connectivity index (χ0) is 11.4. The minimum atomic E-state index is 0.213. The zero-order valence-corrected chi connectivity index (χ0v) is 11.1. The highest BCUT2D eigenvalue weighted by molar-refractivity contribution is 8.00. The summed E-state index contributed by atoms with van der Waals surface area (Å²) in [6, 6.07) is 6.93. The van der Waals surface area contributed by atoms with Crippen molar-refractivity contribution in [3.05, 3.63) is 34.9 Å². The molecule has 0 radical (unpaired) electrons. The number of rotatable bonds is 0. The number of hydrogen-bond acceptors (Lipinski definition) is 2. The molecule has 1 N–H and O–H groups in total. The number of thioether (sulfide) groups is 1. The van der Waals surface area contributed by atoms with E-state index in [1.165, 1.54) is 24.2 Å². The molecule has 1 heterocycles. The van der Waals surface area contributed by atoms with Gasteiger partial charge in [0, 0.05) is 11.3 Å². The Balaban J connectivity index is 2.06. The summed E-state index contributed by atoms with van der Waals surface area (Å²) in [4.78, 5) is 0.213. The van der Waals surface area contributed by atoms with Crippen molar-refractivity contribution in [3.8, 4) is 0 Å². The molecular formula is C14H19NS. The molecule has 1 aromatic rings. The number of benzene rings is 1. The van der Waals surface area contributed by atoms with Crippen LogP contribution >= 0.6 is 11.8 Å². The molecule has 16 heavy (non-hydrogen) atoms. The Morgan fingerprint density at radius 2 is 2.12 bits per heavy atom. The molecule has 3 rings (SSSR count). The molecule has 1 aliphatic heterocycles. The molecular weight excluding hydrogens is 214 g/mol. The van der Waals surface area contributed by atoms with E-state index in [0.717, 1.165) is 0 Å². The van der Waals surface area contributed by atoms with Crippen LogP contribution in [0.15, 0.2) is 18.2 Å². The smallest absolute Gasteiger partial charge is 0.0912 e. The molecule has 1 atom stereocenters. The van der Waals surface area contributed by atoms with Gasteiger partial charge >= 0.3 is 0 Å². The van der Waals surface area contributed by atoms with E-state index in [1.54, 1.807) is 11.1 Å². The maximum Gasteiger partial charge on any atom is 0.0912 e. The van der Waals surface area contributed by atoms with E-state index < -0.39 is 0 Å². The fourth-order valence-electron chi connectivity index (χ4n) is 2.93. The third-order valence-corrected chi connectivity index (χ3v) is 5.55. The molecule has 0 amide bonds. The SMILES string of the molecule is Cc1ccc2c(c1)C1(CC2)NC(C)(C)CS1. The lowest BCUT2D eigenvalue weighted by Crippen LogP contribution is -2.44. The van der Waals surface area contributed by atoms with E-state index in [-0.39, 0.29) is 10.4 Å². The Bertz CT molecular complexity index is 438. The van der Waals surface area contributed by atoms with Gasteiger partial charge in [-0.3, -0.25) is 5.32 Å². The Morgan fingerprint density at radius 3 is 2.81 bits per heavy atom. The monoisotopic (exact) mass is 233 g/mol. The second kappa shape index (κ2) is 3.27. The molecule has 1 aromatic carbocycles. The third kappa shape index (κ3) is 1.51. The Labute approximate surface area is 102 Å². The van der Waals surface area contributed by atoms with Gasteiger partial charge in [-0.15, -0.1) is 11.8 Å². The lowest BCUT2D eigenvalue weighted by atomic mass is 10.0. The first-order valence-electron chi connectivity index (χ1n) is 6.04. The van der Waals surface area contributed by atoms with Crippen molar-refractivity contribution in [3.63, 3.8) is 0 Å². The molecule has 86 valence electrons. The Hall–Kier alpha value is -0.470. The van der Waals surface area contributed by atoms with E-state index in [1.807, 2.05) is 0 Å². The predicted molar refractivity (Wildman–Crippen MR) is 70.9 cm³/mol. The molecule has 2 heteroatoms. The van der Waals surface area contributed by atoms with Crippen LogP contribution in [0.3, 0.4) is 0 Å². The van der Waals surface area contributed by atoms with Crippen molar-refractivity contribution in [2.75, 3.05) is 5.75 Å². The van der Waals surface area contributed by atoms with Gasteiger partial charge in [0.2, 0.25) is 0 Å². The molecule has 1 unspecified atom stereocenters. The molecule has 0 bridgehead atoms. The van der Waals surface area contributed by atoms with Crippen LogP contribution in [-0.4, -0.2) is 11.3 Å². The zero-order valence-electron chi connectivity index (χ0n) is 10.3. The summed E-state index contributed by atoms with van der Waals surface area (Å²) in [5, 5.41) is 3.85. The van der Waals surface area contributed by atoms with Gasteiger partial charge < -0.3 is 0 Å². The minimum Gasteiger partial charge on any atom is -0.293 e. The molecule has 1 spiro atoms. The first-order valence-corrected chi connectivity index (χ1v) is 7.03. The topological polar surface area (TPSA) is 12.0 Å². The average molecular weight is 233 g/mol. The van der Waals surface area contributed by atoms with Crippen LogP contribution in [0.2, 0.25) is 0 Å². The van der Waals surface area contributed by atoms with Crippen LogP contribution in [0.5, 0.6) is 0 Å². The second-order valence-electron chi connectivity index (χ2n) is 5.79. The summed E-state index contributed by atoms with van der Waals surface area (Å²) in [7, 11) is 0. The van der Waals surface area contributed by atoms with Crippen molar-refractivity contribution in [1.82, 2.24) is 5.32 Å². The van der Waals surface area contributed by atoms with Gasteiger partial charge in [0.15, 0.2) is 0 Å². The number of aryl methyl sites for hydroxylation is 2. The highest BCUT2D eigenvalue weighted by atomic mass is 32.2. The van der Waals surface area contributed by atoms with Gasteiger partial charge in [0.1, 0.15) is 0 Å². The molecule has 0 aromatic heterocycles. The highest BCUT2D eigenvalue weighted by Gasteiger charge is 2.47. The molecule has 1 saturated heterocycles. The summed E-state index contributed by atoms with van der Waals surface area (Å²) in [5.41, 5.74) is 4.74. The van der Waals surface area contributed by atoms with Crippen molar-refractivity contribution in [1.29, 1.82) is 0 Å². The molecule has 1 aliphatic carbocycles.